The van der Waals surface area contributed by atoms with Crippen molar-refractivity contribution in [1.29, 1.82) is 0 Å². The summed E-state index contributed by atoms with van der Waals surface area (Å²) in [7, 11) is 0. The lowest BCUT2D eigenvalue weighted by molar-refractivity contribution is -0.137. The van der Waals surface area contributed by atoms with Crippen molar-refractivity contribution in [2.24, 2.45) is 0 Å². The summed E-state index contributed by atoms with van der Waals surface area (Å²) in [5.41, 5.74) is -0.846. The van der Waals surface area contributed by atoms with Crippen molar-refractivity contribution < 1.29 is 18.3 Å². The Morgan fingerprint density at radius 3 is 2.44 bits per heavy atom. The third-order valence-corrected chi connectivity index (χ3v) is 2.56. The smallest absolute Gasteiger partial charge is 0.395 e. The Balaban J connectivity index is 3.19. The average molecular weight is 283 g/mol. The van der Waals surface area contributed by atoms with Crippen LogP contribution in [0.5, 0.6) is 0 Å². The molecule has 3 nitrogen and oxygen atoms in total. The number of aliphatic hydroxyl groups excluding tert-OH is 1. The number of halogens is 4. The zero-order valence-electron chi connectivity index (χ0n) is 10.00. The van der Waals surface area contributed by atoms with Gasteiger partial charge in [0.1, 0.15) is 11.0 Å². The molecule has 0 aliphatic rings. The Bertz CT molecular complexity index is 410. The van der Waals surface area contributed by atoms with Gasteiger partial charge in [-0.1, -0.05) is 11.6 Å². The molecule has 0 atom stereocenters. The van der Waals surface area contributed by atoms with E-state index < -0.39 is 11.7 Å². The van der Waals surface area contributed by atoms with Crippen LogP contribution < -0.4 is 4.90 Å². The third kappa shape index (κ3) is 3.74. The van der Waals surface area contributed by atoms with Crippen LogP contribution in [-0.4, -0.2) is 29.3 Å². The van der Waals surface area contributed by atoms with Gasteiger partial charge >= 0.3 is 6.18 Å². The van der Waals surface area contributed by atoms with E-state index in [0.29, 0.717) is 0 Å². The number of rotatable bonds is 4. The minimum Gasteiger partial charge on any atom is -0.395 e. The van der Waals surface area contributed by atoms with Crippen LogP contribution in [0.2, 0.25) is 5.15 Å². The standard InChI is InChI=1S/C11H14ClF3N2O/c1-7(2)17(3-4-18)10-6-8(11(13,14)15)5-9(12)16-10/h5-7,18H,3-4H2,1-2H3. The molecule has 102 valence electrons. The Kier molecular flexibility index (Phi) is 4.81. The molecule has 1 heterocycles. The maximum absolute atomic E-state index is 12.6. The average Bonchev–Trinajstić information content (AvgIpc) is 2.23. The summed E-state index contributed by atoms with van der Waals surface area (Å²) in [6, 6.07) is 1.62. The molecule has 0 aromatic carbocycles. The monoisotopic (exact) mass is 282 g/mol. The normalized spacial score (nSPS) is 12.0. The van der Waals surface area contributed by atoms with Crippen LogP contribution in [0.15, 0.2) is 12.1 Å². The molecule has 0 aliphatic heterocycles. The quantitative estimate of drug-likeness (QED) is 0.863. The first-order chi connectivity index (χ1) is 8.25. The second kappa shape index (κ2) is 5.75. The van der Waals surface area contributed by atoms with Crippen LogP contribution in [0.3, 0.4) is 0 Å². The van der Waals surface area contributed by atoms with Gasteiger partial charge < -0.3 is 10.0 Å². The fraction of sp³-hybridized carbons (Fsp3) is 0.545. The van der Waals surface area contributed by atoms with Gasteiger partial charge in [-0.3, -0.25) is 0 Å². The van der Waals surface area contributed by atoms with Gasteiger partial charge in [-0.15, -0.1) is 0 Å². The predicted molar refractivity (Wildman–Crippen MR) is 63.8 cm³/mol. The van der Waals surface area contributed by atoms with Crippen molar-refractivity contribution in [2.75, 3.05) is 18.1 Å². The van der Waals surface area contributed by atoms with Crippen molar-refractivity contribution in [2.45, 2.75) is 26.1 Å². The molecule has 0 saturated carbocycles. The van der Waals surface area contributed by atoms with Gasteiger partial charge in [-0.05, 0) is 26.0 Å². The van der Waals surface area contributed by atoms with E-state index in [2.05, 4.69) is 4.98 Å². The highest BCUT2D eigenvalue weighted by molar-refractivity contribution is 6.29. The van der Waals surface area contributed by atoms with E-state index in [-0.39, 0.29) is 30.2 Å². The zero-order chi connectivity index (χ0) is 13.9. The Morgan fingerprint density at radius 1 is 1.39 bits per heavy atom. The van der Waals surface area contributed by atoms with Crippen molar-refractivity contribution in [3.63, 3.8) is 0 Å². The van der Waals surface area contributed by atoms with E-state index in [9.17, 15) is 13.2 Å². The molecule has 1 aromatic rings. The molecule has 1 N–H and O–H groups in total. The second-order valence-electron chi connectivity index (χ2n) is 4.05. The van der Waals surface area contributed by atoms with E-state index in [1.807, 2.05) is 0 Å². The molecule has 0 saturated heterocycles. The van der Waals surface area contributed by atoms with E-state index >= 15 is 0 Å². The maximum atomic E-state index is 12.6. The van der Waals surface area contributed by atoms with Crippen LogP contribution in [-0.2, 0) is 6.18 Å². The number of anilines is 1. The zero-order valence-corrected chi connectivity index (χ0v) is 10.8. The Morgan fingerprint density at radius 2 is 2.00 bits per heavy atom. The molecule has 0 radical (unpaired) electrons. The summed E-state index contributed by atoms with van der Waals surface area (Å²) in [5, 5.41) is 8.70. The van der Waals surface area contributed by atoms with Crippen molar-refractivity contribution >= 4 is 17.4 Å². The van der Waals surface area contributed by atoms with Gasteiger partial charge in [-0.2, -0.15) is 13.2 Å². The van der Waals surface area contributed by atoms with Gasteiger partial charge in [0.2, 0.25) is 0 Å². The highest BCUT2D eigenvalue weighted by atomic mass is 35.5. The van der Waals surface area contributed by atoms with Gasteiger partial charge in [-0.25, -0.2) is 4.98 Å². The molecule has 0 aliphatic carbocycles. The lowest BCUT2D eigenvalue weighted by atomic mass is 10.2. The summed E-state index contributed by atoms with van der Waals surface area (Å²) in [4.78, 5) is 5.42. The Labute approximate surface area is 108 Å². The number of alkyl halides is 3. The summed E-state index contributed by atoms with van der Waals surface area (Å²) in [6.07, 6.45) is -4.47. The molecule has 0 bridgehead atoms. The summed E-state index contributed by atoms with van der Waals surface area (Å²) in [6.45, 7) is 3.62. The lowest BCUT2D eigenvalue weighted by Crippen LogP contribution is -2.34. The summed E-state index contributed by atoms with van der Waals surface area (Å²) < 4.78 is 37.9. The highest BCUT2D eigenvalue weighted by Gasteiger charge is 2.32. The van der Waals surface area contributed by atoms with E-state index in [1.165, 1.54) is 0 Å². The highest BCUT2D eigenvalue weighted by Crippen LogP contribution is 2.33. The van der Waals surface area contributed by atoms with Crippen LogP contribution in [0.4, 0.5) is 19.0 Å². The molecule has 7 heteroatoms. The number of pyridine rings is 1. The fourth-order valence-corrected chi connectivity index (χ4v) is 1.74. The van der Waals surface area contributed by atoms with Crippen LogP contribution in [0.1, 0.15) is 19.4 Å². The number of aliphatic hydroxyl groups is 1. The Hall–Kier alpha value is -1.01. The van der Waals surface area contributed by atoms with E-state index in [4.69, 9.17) is 16.7 Å². The minimum absolute atomic E-state index is 0.0933. The van der Waals surface area contributed by atoms with Crippen molar-refractivity contribution in [3.8, 4) is 0 Å². The van der Waals surface area contributed by atoms with Crippen LogP contribution in [0.25, 0.3) is 0 Å². The minimum atomic E-state index is -4.47. The lowest BCUT2D eigenvalue weighted by Gasteiger charge is -2.27. The van der Waals surface area contributed by atoms with Crippen molar-refractivity contribution in [3.05, 3.63) is 22.8 Å². The van der Waals surface area contributed by atoms with Crippen LogP contribution in [0, 0.1) is 0 Å². The second-order valence-corrected chi connectivity index (χ2v) is 4.43. The largest absolute Gasteiger partial charge is 0.416 e. The van der Waals surface area contributed by atoms with Gasteiger partial charge in [0.25, 0.3) is 0 Å². The van der Waals surface area contributed by atoms with E-state index in [1.54, 1.807) is 18.7 Å². The number of hydrogen-bond donors (Lipinski definition) is 1. The molecule has 18 heavy (non-hydrogen) atoms. The first-order valence-corrected chi connectivity index (χ1v) is 5.75. The fourth-order valence-electron chi connectivity index (χ4n) is 1.54. The SMILES string of the molecule is CC(C)N(CCO)c1cc(C(F)(F)F)cc(Cl)n1. The molecule has 0 unspecified atom stereocenters. The summed E-state index contributed by atoms with van der Waals surface area (Å²) in [5.74, 6) is 0.110. The molecule has 0 spiro atoms. The van der Waals surface area contributed by atoms with Gasteiger partial charge in [0, 0.05) is 12.6 Å². The summed E-state index contributed by atoms with van der Waals surface area (Å²) >= 11 is 5.60. The number of aromatic nitrogens is 1. The number of nitrogens with zero attached hydrogens (tertiary/aromatic N) is 2. The van der Waals surface area contributed by atoms with E-state index in [0.717, 1.165) is 12.1 Å². The first-order valence-electron chi connectivity index (χ1n) is 5.38. The van der Waals surface area contributed by atoms with Gasteiger partial charge in [0.15, 0.2) is 0 Å². The maximum Gasteiger partial charge on any atom is 0.416 e. The first kappa shape index (κ1) is 15.0. The molecule has 0 fully saturated rings. The molecular weight excluding hydrogens is 269 g/mol. The number of hydrogen-bond acceptors (Lipinski definition) is 3. The van der Waals surface area contributed by atoms with Gasteiger partial charge in [0.05, 0.1) is 12.2 Å². The topological polar surface area (TPSA) is 36.4 Å². The van der Waals surface area contributed by atoms with Crippen LogP contribution >= 0.6 is 11.6 Å². The van der Waals surface area contributed by atoms with Crippen molar-refractivity contribution in [1.82, 2.24) is 4.98 Å². The molecule has 0 amide bonds. The molecule has 1 aromatic heterocycles. The predicted octanol–water partition coefficient (Wildman–Crippen LogP) is 2.96. The third-order valence-electron chi connectivity index (χ3n) is 2.37. The molecule has 1 rings (SSSR count). The molecular formula is C11H14ClF3N2O.